The van der Waals surface area contributed by atoms with Gasteiger partial charge in [0.15, 0.2) is 0 Å². The summed E-state index contributed by atoms with van der Waals surface area (Å²) in [6.45, 7) is 0. The highest BCUT2D eigenvalue weighted by molar-refractivity contribution is 6.53. The van der Waals surface area contributed by atoms with E-state index in [1.807, 2.05) is 107 Å². The Hall–Kier alpha value is -9.32. The lowest BCUT2D eigenvalue weighted by Gasteiger charge is -2.29. The molecule has 0 heterocycles. The molecule has 0 saturated carbocycles. The largest absolute Gasteiger partial charge is 0.310 e. The smallest absolute Gasteiger partial charge is 0.234 e. The molecule has 7 rings (SSSR count). The van der Waals surface area contributed by atoms with Crippen molar-refractivity contribution in [3.05, 3.63) is 179 Å². The lowest BCUT2D eigenvalue weighted by atomic mass is 9.83. The number of fused-ring (bicyclic) bond motifs is 3. The van der Waals surface area contributed by atoms with E-state index in [-0.39, 0.29) is 33.4 Å². The predicted molar refractivity (Wildman–Crippen MR) is 217 cm³/mol. The van der Waals surface area contributed by atoms with E-state index in [0.29, 0.717) is 45.0 Å². The number of allylic oxidation sites excluding steroid dienone is 4. The SMILES string of the molecule is N#CC(C#N)=C(C#N)c1ccc(N(c2ccccc2)c2ccc3c(c2)C(=O)C(=O)c2cc(N(c4ccccc4)c4ccc(C(C#N)=C(C#N)C#N)cc4)ccc2-3)cc1. The monoisotopic (exact) mass is 744 g/mol. The fraction of sp³-hybridized carbons (Fsp3) is 0. The molecule has 6 aromatic rings. The number of Topliss-reactive ketones (excluding diaryl/α,β-unsaturated/α-hetero) is 2. The molecule has 0 bridgehead atoms. The van der Waals surface area contributed by atoms with Gasteiger partial charge in [0.2, 0.25) is 11.6 Å². The molecule has 0 unspecified atom stereocenters. The maximum atomic E-state index is 14.0. The molecule has 0 saturated heterocycles. The van der Waals surface area contributed by atoms with Crippen molar-refractivity contribution >= 4 is 56.8 Å². The van der Waals surface area contributed by atoms with Crippen molar-refractivity contribution in [2.24, 2.45) is 0 Å². The zero-order valence-electron chi connectivity index (χ0n) is 30.3. The van der Waals surface area contributed by atoms with Crippen LogP contribution >= 0.6 is 0 Å². The Morgan fingerprint density at radius 2 is 0.655 bits per heavy atom. The minimum Gasteiger partial charge on any atom is -0.310 e. The normalized spacial score (nSPS) is 10.7. The topological polar surface area (TPSA) is 183 Å². The zero-order chi connectivity index (χ0) is 40.8. The molecule has 0 aromatic heterocycles. The number of para-hydroxylation sites is 2. The molecule has 0 spiro atoms. The van der Waals surface area contributed by atoms with E-state index in [2.05, 4.69) is 0 Å². The van der Waals surface area contributed by atoms with Gasteiger partial charge in [-0.3, -0.25) is 9.59 Å². The van der Waals surface area contributed by atoms with E-state index in [1.165, 1.54) is 0 Å². The highest BCUT2D eigenvalue weighted by atomic mass is 16.2. The fourth-order valence-electron chi connectivity index (χ4n) is 6.84. The molecule has 10 nitrogen and oxygen atoms in total. The van der Waals surface area contributed by atoms with Gasteiger partial charge in [0.05, 0.1) is 11.1 Å². The summed E-state index contributed by atoms with van der Waals surface area (Å²) in [6.07, 6.45) is 0. The number of benzene rings is 6. The number of rotatable bonds is 8. The van der Waals surface area contributed by atoms with Crippen molar-refractivity contribution in [2.45, 2.75) is 0 Å². The maximum Gasteiger partial charge on any atom is 0.234 e. The van der Waals surface area contributed by atoms with Gasteiger partial charge < -0.3 is 9.80 Å². The van der Waals surface area contributed by atoms with Gasteiger partial charge in [-0.05, 0) is 95.1 Å². The highest BCUT2D eigenvalue weighted by Gasteiger charge is 2.32. The van der Waals surface area contributed by atoms with Gasteiger partial charge >= 0.3 is 0 Å². The predicted octanol–water partition coefficient (Wildman–Crippen LogP) is 10.3. The van der Waals surface area contributed by atoms with Gasteiger partial charge in [0.25, 0.3) is 0 Å². The van der Waals surface area contributed by atoms with Gasteiger partial charge in [-0.1, -0.05) is 72.8 Å². The molecule has 0 amide bonds. The van der Waals surface area contributed by atoms with Crippen LogP contribution in [-0.2, 0) is 0 Å². The van der Waals surface area contributed by atoms with Crippen LogP contribution in [-0.4, -0.2) is 11.6 Å². The number of carbonyl (C=O) groups excluding carboxylic acids is 2. The van der Waals surface area contributed by atoms with Crippen LogP contribution in [0.4, 0.5) is 34.1 Å². The molecule has 0 aliphatic heterocycles. The summed E-state index contributed by atoms with van der Waals surface area (Å²) in [7, 11) is 0. The van der Waals surface area contributed by atoms with Crippen molar-refractivity contribution in [1.29, 1.82) is 31.6 Å². The van der Waals surface area contributed by atoms with Gasteiger partial charge in [0.1, 0.15) is 47.6 Å². The molecule has 1 aliphatic carbocycles. The van der Waals surface area contributed by atoms with Crippen LogP contribution in [0.1, 0.15) is 31.8 Å². The first-order valence-corrected chi connectivity index (χ1v) is 17.5. The summed E-state index contributed by atoms with van der Waals surface area (Å²) in [4.78, 5) is 31.8. The number of ketones is 2. The van der Waals surface area contributed by atoms with Gasteiger partial charge in [0, 0.05) is 45.3 Å². The molecule has 0 fully saturated rings. The molecule has 0 N–H and O–H groups in total. The van der Waals surface area contributed by atoms with Gasteiger partial charge in [-0.15, -0.1) is 0 Å². The van der Waals surface area contributed by atoms with E-state index in [0.717, 1.165) is 11.4 Å². The number of nitrogens with zero attached hydrogens (tertiary/aromatic N) is 8. The molecule has 268 valence electrons. The molecular formula is C48H24N8O2. The van der Waals surface area contributed by atoms with E-state index in [1.54, 1.807) is 84.9 Å². The second-order valence-corrected chi connectivity index (χ2v) is 12.7. The van der Waals surface area contributed by atoms with Gasteiger partial charge in [-0.25, -0.2) is 0 Å². The van der Waals surface area contributed by atoms with Crippen LogP contribution in [0.15, 0.2) is 157 Å². The lowest BCUT2D eigenvalue weighted by Crippen LogP contribution is -2.22. The van der Waals surface area contributed by atoms with Crippen LogP contribution in [0.5, 0.6) is 0 Å². The lowest BCUT2D eigenvalue weighted by molar-refractivity contribution is 0.0815. The molecule has 58 heavy (non-hydrogen) atoms. The van der Waals surface area contributed by atoms with E-state index in [9.17, 15) is 41.2 Å². The number of carbonyl (C=O) groups is 2. The van der Waals surface area contributed by atoms with Crippen molar-refractivity contribution in [3.63, 3.8) is 0 Å². The number of anilines is 6. The molecule has 10 heteroatoms. The van der Waals surface area contributed by atoms with E-state index >= 15 is 0 Å². The van der Waals surface area contributed by atoms with Crippen molar-refractivity contribution in [1.82, 2.24) is 0 Å². The summed E-state index contributed by atoms with van der Waals surface area (Å²) in [5.74, 6) is -1.35. The zero-order valence-corrected chi connectivity index (χ0v) is 30.3. The first kappa shape index (κ1) is 37.0. The standard InChI is InChI=1S/C48H24N8O2/c49-25-33(26-50)45(29-53)31-11-15-37(16-12-31)55(35-7-3-1-4-8-35)39-19-21-41-42-22-20-40(24-44(42)48(58)47(57)43(41)23-39)56(36-9-5-2-6-10-36)38-17-13-32(14-18-38)46(30-54)34(27-51)28-52/h1-24H. The summed E-state index contributed by atoms with van der Waals surface area (Å²) in [6, 6.07) is 54.0. The Kier molecular flexibility index (Phi) is 10.2. The van der Waals surface area contributed by atoms with Crippen LogP contribution < -0.4 is 9.80 Å². The maximum absolute atomic E-state index is 14.0. The quantitative estimate of drug-likeness (QED) is 0.107. The number of hydrogen-bond acceptors (Lipinski definition) is 10. The summed E-state index contributed by atoms with van der Waals surface area (Å²) in [5.41, 5.74) is 5.77. The third-order valence-electron chi connectivity index (χ3n) is 9.54. The van der Waals surface area contributed by atoms with Crippen molar-refractivity contribution in [2.75, 3.05) is 9.80 Å². The Balaban J connectivity index is 1.30. The summed E-state index contributed by atoms with van der Waals surface area (Å²) >= 11 is 0. The first-order valence-electron chi connectivity index (χ1n) is 17.5. The second kappa shape index (κ2) is 16.0. The minimum atomic E-state index is -0.675. The molecule has 0 radical (unpaired) electrons. The van der Waals surface area contributed by atoms with Crippen LogP contribution in [0, 0.1) is 68.0 Å². The van der Waals surface area contributed by atoms with Gasteiger partial charge in [-0.2, -0.15) is 31.6 Å². The average Bonchev–Trinajstić information content (AvgIpc) is 3.28. The molecule has 0 atom stereocenters. The molecule has 6 aromatic carbocycles. The summed E-state index contributed by atoms with van der Waals surface area (Å²) in [5, 5.41) is 56.8. The van der Waals surface area contributed by atoms with E-state index < -0.39 is 11.6 Å². The minimum absolute atomic E-state index is 0.0407. The van der Waals surface area contributed by atoms with Crippen LogP contribution in [0.3, 0.4) is 0 Å². The third kappa shape index (κ3) is 6.69. The van der Waals surface area contributed by atoms with E-state index in [4.69, 9.17) is 0 Å². The van der Waals surface area contributed by atoms with Crippen molar-refractivity contribution < 1.29 is 9.59 Å². The highest BCUT2D eigenvalue weighted by Crippen LogP contribution is 2.43. The second-order valence-electron chi connectivity index (χ2n) is 12.7. The fourth-order valence-corrected chi connectivity index (χ4v) is 6.84. The number of nitriles is 6. The van der Waals surface area contributed by atoms with Crippen LogP contribution in [0.2, 0.25) is 0 Å². The Bertz CT molecular complexity index is 2740. The Morgan fingerprint density at radius 1 is 0.345 bits per heavy atom. The third-order valence-corrected chi connectivity index (χ3v) is 9.54. The first-order chi connectivity index (χ1) is 28.3. The number of hydrogen-bond donors (Lipinski definition) is 0. The summed E-state index contributed by atoms with van der Waals surface area (Å²) < 4.78 is 0. The van der Waals surface area contributed by atoms with Crippen molar-refractivity contribution in [3.8, 4) is 47.5 Å². The molecular weight excluding hydrogens is 721 g/mol. The Morgan fingerprint density at radius 3 is 0.966 bits per heavy atom. The Labute approximate surface area is 333 Å². The molecule has 1 aliphatic rings. The average molecular weight is 745 g/mol. The van der Waals surface area contributed by atoms with Crippen LogP contribution in [0.25, 0.3) is 22.3 Å².